The Morgan fingerprint density at radius 3 is 2.00 bits per heavy atom. The lowest BCUT2D eigenvalue weighted by molar-refractivity contribution is -0.136. The Hall–Kier alpha value is -3.72. The van der Waals surface area contributed by atoms with Crippen molar-refractivity contribution in [1.82, 2.24) is 0 Å². The lowest BCUT2D eigenvalue weighted by Crippen LogP contribution is -2.26. The van der Waals surface area contributed by atoms with Crippen molar-refractivity contribution in [2.24, 2.45) is 0 Å². The molecule has 0 aliphatic carbocycles. The molecular weight excluding hydrogens is 446 g/mol. The number of methoxy groups -OCH3 is 1. The van der Waals surface area contributed by atoms with Crippen molar-refractivity contribution in [1.29, 1.82) is 0 Å². The van der Waals surface area contributed by atoms with Crippen molar-refractivity contribution in [3.63, 3.8) is 0 Å². The Kier molecular flexibility index (Phi) is 7.78. The van der Waals surface area contributed by atoms with E-state index in [1.54, 1.807) is 42.5 Å². The van der Waals surface area contributed by atoms with Gasteiger partial charge in [0.15, 0.2) is 18.1 Å². The molecule has 0 atom stereocenters. The number of hydrogen-bond donors (Lipinski definition) is 0. The van der Waals surface area contributed by atoms with Crippen molar-refractivity contribution in [2.45, 2.75) is 11.8 Å². The number of para-hydroxylation sites is 2. The molecule has 3 rings (SSSR count). The van der Waals surface area contributed by atoms with E-state index >= 15 is 0 Å². The van der Waals surface area contributed by atoms with Gasteiger partial charge in [-0.25, -0.2) is 13.2 Å². The van der Waals surface area contributed by atoms with E-state index in [0.717, 1.165) is 4.31 Å². The summed E-state index contributed by atoms with van der Waals surface area (Å²) in [6.45, 7) is 2.02. The Morgan fingerprint density at radius 1 is 0.848 bits per heavy atom. The molecule has 3 aromatic rings. The molecule has 33 heavy (non-hydrogen) atoms. The van der Waals surface area contributed by atoms with Gasteiger partial charge in [0, 0.05) is 7.05 Å². The molecule has 174 valence electrons. The summed E-state index contributed by atoms with van der Waals surface area (Å²) < 4.78 is 48.2. The molecule has 0 amide bonds. The summed E-state index contributed by atoms with van der Waals surface area (Å²) in [4.78, 5) is 12.3. The van der Waals surface area contributed by atoms with Gasteiger partial charge in [-0.2, -0.15) is 0 Å². The molecule has 0 aliphatic heterocycles. The number of carbonyl (C=O) groups is 1. The number of esters is 1. The fourth-order valence-corrected chi connectivity index (χ4v) is 4.11. The van der Waals surface area contributed by atoms with Gasteiger partial charge in [-0.3, -0.25) is 4.31 Å². The van der Waals surface area contributed by atoms with Gasteiger partial charge in [0.05, 0.1) is 24.3 Å². The molecule has 0 saturated carbocycles. The maximum Gasteiger partial charge on any atom is 0.349 e. The highest BCUT2D eigenvalue weighted by molar-refractivity contribution is 7.92. The first-order chi connectivity index (χ1) is 15.8. The minimum absolute atomic E-state index is 0.130. The van der Waals surface area contributed by atoms with Crippen molar-refractivity contribution in [3.05, 3.63) is 72.8 Å². The normalized spacial score (nSPS) is 10.9. The maximum atomic E-state index is 12.9. The summed E-state index contributed by atoms with van der Waals surface area (Å²) in [6.07, 6.45) is 0. The van der Waals surface area contributed by atoms with Crippen LogP contribution in [0, 0.1) is 0 Å². The van der Waals surface area contributed by atoms with Crippen LogP contribution in [-0.4, -0.2) is 41.8 Å². The highest BCUT2D eigenvalue weighted by Crippen LogP contribution is 2.27. The SMILES string of the molecule is CCOc1ccccc1OCC(=O)Oc1ccc(N(C)S(=O)(=O)c2ccc(OC)cc2)cc1. The fraction of sp³-hybridized carbons (Fsp3) is 0.208. The van der Waals surface area contributed by atoms with Crippen LogP contribution in [0.2, 0.25) is 0 Å². The number of hydrogen-bond acceptors (Lipinski definition) is 7. The predicted molar refractivity (Wildman–Crippen MR) is 124 cm³/mol. The van der Waals surface area contributed by atoms with Crippen molar-refractivity contribution in [3.8, 4) is 23.0 Å². The molecule has 0 unspecified atom stereocenters. The Balaban J connectivity index is 1.62. The number of ether oxygens (including phenoxy) is 4. The molecule has 0 saturated heterocycles. The average molecular weight is 472 g/mol. The second-order valence-corrected chi connectivity index (χ2v) is 8.75. The zero-order valence-electron chi connectivity index (χ0n) is 18.6. The number of anilines is 1. The number of carbonyl (C=O) groups excluding carboxylic acids is 1. The summed E-state index contributed by atoms with van der Waals surface area (Å²) in [5.74, 6) is 1.21. The summed E-state index contributed by atoms with van der Waals surface area (Å²) in [5, 5.41) is 0. The average Bonchev–Trinajstić information content (AvgIpc) is 2.83. The van der Waals surface area contributed by atoms with E-state index in [1.165, 1.54) is 38.4 Å². The van der Waals surface area contributed by atoms with Crippen LogP contribution in [0.4, 0.5) is 5.69 Å². The summed E-state index contributed by atoms with van der Waals surface area (Å²) >= 11 is 0. The lowest BCUT2D eigenvalue weighted by Gasteiger charge is -2.20. The first kappa shape index (κ1) is 23.9. The van der Waals surface area contributed by atoms with Crippen LogP contribution in [0.3, 0.4) is 0 Å². The van der Waals surface area contributed by atoms with Gasteiger partial charge in [-0.05, 0) is 67.6 Å². The van der Waals surface area contributed by atoms with E-state index in [4.69, 9.17) is 18.9 Å². The topological polar surface area (TPSA) is 91.4 Å². The molecular formula is C24H25NO7S. The van der Waals surface area contributed by atoms with Crippen LogP contribution in [0.5, 0.6) is 23.0 Å². The van der Waals surface area contributed by atoms with Gasteiger partial charge < -0.3 is 18.9 Å². The highest BCUT2D eigenvalue weighted by Gasteiger charge is 2.21. The van der Waals surface area contributed by atoms with E-state index < -0.39 is 16.0 Å². The van der Waals surface area contributed by atoms with Crippen molar-refractivity contribution < 1.29 is 32.2 Å². The number of nitrogens with zero attached hydrogens (tertiary/aromatic N) is 1. The van der Waals surface area contributed by atoms with Gasteiger partial charge in [-0.15, -0.1) is 0 Å². The minimum atomic E-state index is -3.76. The monoisotopic (exact) mass is 471 g/mol. The fourth-order valence-electron chi connectivity index (χ4n) is 2.91. The standard InChI is InChI=1S/C24H25NO7S/c1-4-30-22-7-5-6-8-23(22)31-17-24(26)32-20-11-9-18(10-12-20)25(2)33(27,28)21-15-13-19(29-3)14-16-21/h5-16H,4,17H2,1-3H3. The second-order valence-electron chi connectivity index (χ2n) is 6.78. The first-order valence-electron chi connectivity index (χ1n) is 10.1. The molecule has 0 aromatic heterocycles. The van der Waals surface area contributed by atoms with Gasteiger partial charge in [-0.1, -0.05) is 12.1 Å². The molecule has 0 N–H and O–H groups in total. The summed E-state index contributed by atoms with van der Waals surface area (Å²) in [6, 6.07) is 19.3. The molecule has 9 heteroatoms. The molecule has 0 radical (unpaired) electrons. The summed E-state index contributed by atoms with van der Waals surface area (Å²) in [7, 11) is -0.804. The minimum Gasteiger partial charge on any atom is -0.497 e. The van der Waals surface area contributed by atoms with Crippen molar-refractivity contribution in [2.75, 3.05) is 31.7 Å². The highest BCUT2D eigenvalue weighted by atomic mass is 32.2. The molecule has 0 fully saturated rings. The first-order valence-corrected chi connectivity index (χ1v) is 11.6. The zero-order chi connectivity index (χ0) is 23.8. The van der Waals surface area contributed by atoms with Gasteiger partial charge in [0.1, 0.15) is 11.5 Å². The molecule has 0 spiro atoms. The third kappa shape index (κ3) is 5.95. The number of sulfonamides is 1. The third-order valence-corrected chi connectivity index (χ3v) is 6.44. The van der Waals surface area contributed by atoms with Crippen LogP contribution >= 0.6 is 0 Å². The van der Waals surface area contributed by atoms with Crippen LogP contribution < -0.4 is 23.3 Å². The van der Waals surface area contributed by atoms with Gasteiger partial charge in [0.25, 0.3) is 10.0 Å². The maximum absolute atomic E-state index is 12.9. The molecule has 3 aromatic carbocycles. The van der Waals surface area contributed by atoms with E-state index in [0.29, 0.717) is 29.5 Å². The summed E-state index contributed by atoms with van der Waals surface area (Å²) in [5.41, 5.74) is 0.410. The number of rotatable bonds is 10. The number of benzene rings is 3. The smallest absolute Gasteiger partial charge is 0.349 e. The molecule has 8 nitrogen and oxygen atoms in total. The van der Waals surface area contributed by atoms with E-state index in [2.05, 4.69) is 0 Å². The van der Waals surface area contributed by atoms with Gasteiger partial charge in [0.2, 0.25) is 0 Å². The largest absolute Gasteiger partial charge is 0.497 e. The molecule has 0 heterocycles. The lowest BCUT2D eigenvalue weighted by atomic mass is 10.3. The Morgan fingerprint density at radius 2 is 1.42 bits per heavy atom. The molecule has 0 bridgehead atoms. The Bertz CT molecular complexity index is 1180. The second kappa shape index (κ2) is 10.7. The van der Waals surface area contributed by atoms with Gasteiger partial charge >= 0.3 is 5.97 Å². The quantitative estimate of drug-likeness (QED) is 0.327. The van der Waals surface area contributed by atoms with E-state index in [-0.39, 0.29) is 17.3 Å². The zero-order valence-corrected chi connectivity index (χ0v) is 19.4. The van der Waals surface area contributed by atoms with Crippen LogP contribution in [0.25, 0.3) is 0 Å². The van der Waals surface area contributed by atoms with Crippen molar-refractivity contribution >= 4 is 21.7 Å². The Labute approximate surface area is 193 Å². The van der Waals surface area contributed by atoms with E-state index in [9.17, 15) is 13.2 Å². The van der Waals surface area contributed by atoms with Crippen LogP contribution in [-0.2, 0) is 14.8 Å². The predicted octanol–water partition coefficient (Wildman–Crippen LogP) is 3.90. The van der Waals surface area contributed by atoms with E-state index in [1.807, 2.05) is 13.0 Å². The van der Waals surface area contributed by atoms with Crippen LogP contribution in [0.15, 0.2) is 77.7 Å². The molecule has 0 aliphatic rings. The van der Waals surface area contributed by atoms with Crippen LogP contribution in [0.1, 0.15) is 6.92 Å². The third-order valence-electron chi connectivity index (χ3n) is 4.64.